The Balaban J connectivity index is 1.31. The molecule has 3 atom stereocenters. The van der Waals surface area contributed by atoms with Crippen LogP contribution in [0.15, 0.2) is 40.4 Å². The zero-order valence-electron chi connectivity index (χ0n) is 23.0. The first kappa shape index (κ1) is 30.3. The Hall–Kier alpha value is -3.70. The van der Waals surface area contributed by atoms with Crippen molar-refractivity contribution in [2.45, 2.75) is 44.5 Å². The van der Waals surface area contributed by atoms with Gasteiger partial charge in [-0.05, 0) is 32.3 Å². The van der Waals surface area contributed by atoms with Gasteiger partial charge in [-0.15, -0.1) is 0 Å². The van der Waals surface area contributed by atoms with E-state index in [0.717, 1.165) is 6.20 Å². The highest BCUT2D eigenvalue weighted by Gasteiger charge is 2.41. The van der Waals surface area contributed by atoms with Gasteiger partial charge in [-0.2, -0.15) is 23.5 Å². The van der Waals surface area contributed by atoms with Crippen molar-refractivity contribution in [3.8, 4) is 6.07 Å². The molecule has 222 valence electrons. The Morgan fingerprint density at radius 1 is 1.27 bits per heavy atom. The van der Waals surface area contributed by atoms with Gasteiger partial charge in [0.05, 0.1) is 42.6 Å². The van der Waals surface area contributed by atoms with Gasteiger partial charge in [-0.25, -0.2) is 10.1 Å². The predicted octanol–water partition coefficient (Wildman–Crippen LogP) is 1.91. The number of amides is 1. The maximum atomic E-state index is 13.6. The van der Waals surface area contributed by atoms with Crippen LogP contribution in [0.5, 0.6) is 0 Å². The van der Waals surface area contributed by atoms with E-state index in [-0.39, 0.29) is 36.3 Å². The van der Waals surface area contributed by atoms with Crippen LogP contribution in [0.3, 0.4) is 0 Å². The number of piperidine rings is 1. The fraction of sp³-hybridized carbons (Fsp3) is 0.593. The van der Waals surface area contributed by atoms with E-state index in [2.05, 4.69) is 22.0 Å². The van der Waals surface area contributed by atoms with Crippen molar-refractivity contribution in [2.24, 2.45) is 10.9 Å². The number of amidine groups is 1. The molecule has 1 aromatic heterocycles. The van der Waals surface area contributed by atoms with Crippen molar-refractivity contribution in [2.75, 3.05) is 57.3 Å². The number of rotatable bonds is 7. The lowest BCUT2D eigenvalue weighted by Crippen LogP contribution is -2.54. The van der Waals surface area contributed by atoms with Crippen LogP contribution in [0.25, 0.3) is 0 Å². The molecule has 4 heterocycles. The molecule has 0 spiro atoms. The largest absolute Gasteiger partial charge is 0.423 e. The van der Waals surface area contributed by atoms with E-state index >= 15 is 0 Å². The number of hydrogen-bond acceptors (Lipinski definition) is 8. The quantitative estimate of drug-likeness (QED) is 0.286. The highest BCUT2D eigenvalue weighted by molar-refractivity contribution is 5.93. The molecule has 0 aliphatic carbocycles. The van der Waals surface area contributed by atoms with Gasteiger partial charge in [-0.1, -0.05) is 6.58 Å². The number of carbonyl (C=O) groups is 1. The van der Waals surface area contributed by atoms with E-state index in [1.807, 2.05) is 21.0 Å². The van der Waals surface area contributed by atoms with E-state index < -0.39 is 17.3 Å². The third-order valence-corrected chi connectivity index (χ3v) is 7.65. The number of piperazine rings is 1. The number of aromatic amines is 1. The molecule has 4 rings (SSSR count). The standard InChI is InChI=1S/C27H35F3N8O3/c1-3-23(33-13-18(2)12-31)36-7-9-37(10-8-36)26(40)19-11-21(15-32-14-19)41-17-20-5-4-6-38(20)22-16-34-35-25(39)24(22)27(28,29)30/h3,13,16,19-21,32H,1,4-11,14-15,17H2,2H3,(H,35,39)/b18-13+,33-23?/t19-,20-,21-/m0/s1. The molecule has 3 aliphatic heterocycles. The topological polar surface area (TPSA) is 130 Å². The van der Waals surface area contributed by atoms with Gasteiger partial charge in [0, 0.05) is 57.6 Å². The van der Waals surface area contributed by atoms with Crippen molar-refractivity contribution in [3.63, 3.8) is 0 Å². The molecule has 0 aromatic carbocycles. The molecule has 1 amide bonds. The molecule has 3 saturated heterocycles. The third kappa shape index (κ3) is 7.34. The number of nitrogens with one attached hydrogen (secondary N) is 2. The van der Waals surface area contributed by atoms with Crippen LogP contribution >= 0.6 is 0 Å². The Morgan fingerprint density at radius 2 is 2.00 bits per heavy atom. The second-order valence-corrected chi connectivity index (χ2v) is 10.4. The van der Waals surface area contributed by atoms with Crippen LogP contribution in [0.2, 0.25) is 0 Å². The maximum Gasteiger partial charge on any atom is 0.423 e. The fourth-order valence-electron chi connectivity index (χ4n) is 5.54. The molecule has 41 heavy (non-hydrogen) atoms. The van der Waals surface area contributed by atoms with E-state index in [1.54, 1.807) is 17.9 Å². The molecular weight excluding hydrogens is 541 g/mol. The summed E-state index contributed by atoms with van der Waals surface area (Å²) < 4.78 is 47.0. The summed E-state index contributed by atoms with van der Waals surface area (Å²) in [4.78, 5) is 35.0. The summed E-state index contributed by atoms with van der Waals surface area (Å²) in [6, 6.07) is 1.69. The number of H-pyrrole nitrogens is 1. The number of anilines is 1. The second-order valence-electron chi connectivity index (χ2n) is 10.4. The lowest BCUT2D eigenvalue weighted by molar-refractivity contribution is -0.139. The van der Waals surface area contributed by atoms with Crippen LogP contribution in [0.4, 0.5) is 18.9 Å². The number of aliphatic imine (C=N–C) groups is 1. The van der Waals surface area contributed by atoms with E-state index in [9.17, 15) is 22.8 Å². The number of allylic oxidation sites excluding steroid dienone is 1. The molecule has 3 fully saturated rings. The smallest absolute Gasteiger partial charge is 0.375 e. The van der Waals surface area contributed by atoms with Crippen LogP contribution in [-0.4, -0.2) is 96.3 Å². The summed E-state index contributed by atoms with van der Waals surface area (Å²) >= 11 is 0. The number of alkyl halides is 3. The first-order chi connectivity index (χ1) is 19.6. The van der Waals surface area contributed by atoms with Crippen molar-refractivity contribution >= 4 is 17.4 Å². The van der Waals surface area contributed by atoms with E-state index in [1.165, 1.54) is 6.20 Å². The molecular formula is C27H35F3N8O3. The Kier molecular flexibility index (Phi) is 9.82. The number of hydrogen-bond donors (Lipinski definition) is 2. The van der Waals surface area contributed by atoms with Crippen LogP contribution in [0.1, 0.15) is 31.7 Å². The molecule has 3 aliphatic rings. The second kappa shape index (κ2) is 13.3. The molecule has 2 N–H and O–H groups in total. The molecule has 0 bridgehead atoms. The van der Waals surface area contributed by atoms with Gasteiger partial charge >= 0.3 is 6.18 Å². The highest BCUT2D eigenvalue weighted by atomic mass is 19.4. The average molecular weight is 577 g/mol. The lowest BCUT2D eigenvalue weighted by Gasteiger charge is -2.39. The monoisotopic (exact) mass is 576 g/mol. The van der Waals surface area contributed by atoms with Gasteiger partial charge in [0.1, 0.15) is 11.4 Å². The average Bonchev–Trinajstić information content (AvgIpc) is 3.44. The SMILES string of the molecule is C=CC(=N/C=C(\C)C#N)N1CCN(C(=O)[C@@H]2CNC[C@@H](OC[C@@H]3CCCN3c3cn[nH]c(=O)c3C(F)(F)F)C2)CC1. The minimum Gasteiger partial charge on any atom is -0.375 e. The van der Waals surface area contributed by atoms with Crippen molar-refractivity contribution in [1.82, 2.24) is 25.3 Å². The van der Waals surface area contributed by atoms with Gasteiger partial charge < -0.3 is 24.8 Å². The summed E-state index contributed by atoms with van der Waals surface area (Å²) in [7, 11) is 0. The zero-order chi connectivity index (χ0) is 29.6. The van der Waals surface area contributed by atoms with Crippen molar-refractivity contribution in [1.29, 1.82) is 5.26 Å². The normalized spacial score (nSPS) is 24.4. The van der Waals surface area contributed by atoms with Crippen LogP contribution < -0.4 is 15.8 Å². The number of halogens is 3. The predicted molar refractivity (Wildman–Crippen MR) is 146 cm³/mol. The summed E-state index contributed by atoms with van der Waals surface area (Å²) in [5, 5.41) is 17.7. The zero-order valence-corrected chi connectivity index (χ0v) is 23.0. The fourth-order valence-corrected chi connectivity index (χ4v) is 5.54. The summed E-state index contributed by atoms with van der Waals surface area (Å²) in [6.45, 7) is 9.32. The Bertz CT molecular complexity index is 1260. The van der Waals surface area contributed by atoms with Crippen molar-refractivity contribution in [3.05, 3.63) is 46.5 Å². The van der Waals surface area contributed by atoms with Gasteiger partial charge in [-0.3, -0.25) is 9.59 Å². The first-order valence-electron chi connectivity index (χ1n) is 13.7. The molecule has 1 aromatic rings. The number of carbonyl (C=O) groups excluding carboxylic acids is 1. The van der Waals surface area contributed by atoms with E-state index in [0.29, 0.717) is 76.5 Å². The lowest BCUT2D eigenvalue weighted by atomic mass is 9.95. The van der Waals surface area contributed by atoms with Crippen molar-refractivity contribution < 1.29 is 22.7 Å². The number of ether oxygens (including phenoxy) is 1. The molecule has 0 saturated carbocycles. The maximum absolute atomic E-state index is 13.6. The van der Waals surface area contributed by atoms with Gasteiger partial charge in [0.15, 0.2) is 0 Å². The molecule has 0 unspecified atom stereocenters. The van der Waals surface area contributed by atoms with Gasteiger partial charge in [0.25, 0.3) is 5.56 Å². The molecule has 14 heteroatoms. The minimum absolute atomic E-state index is 0.0367. The van der Waals surface area contributed by atoms with Gasteiger partial charge in [0.2, 0.25) is 5.91 Å². The number of nitriles is 1. The number of aromatic nitrogens is 2. The number of nitrogens with zero attached hydrogens (tertiary/aromatic N) is 6. The van der Waals surface area contributed by atoms with Crippen LogP contribution in [0, 0.1) is 17.2 Å². The Labute approximate surface area is 236 Å². The highest BCUT2D eigenvalue weighted by Crippen LogP contribution is 2.36. The summed E-state index contributed by atoms with van der Waals surface area (Å²) in [6.07, 6.45) is 0.908. The van der Waals surface area contributed by atoms with E-state index in [4.69, 9.17) is 10.00 Å². The minimum atomic E-state index is -4.81. The molecule has 11 nitrogen and oxygen atoms in total. The first-order valence-corrected chi connectivity index (χ1v) is 13.7. The third-order valence-electron chi connectivity index (χ3n) is 7.65. The van der Waals surface area contributed by atoms with Crippen LogP contribution in [-0.2, 0) is 15.7 Å². The Morgan fingerprint density at radius 3 is 2.68 bits per heavy atom. The summed E-state index contributed by atoms with van der Waals surface area (Å²) in [5.41, 5.74) is -2.26. The summed E-state index contributed by atoms with van der Waals surface area (Å²) in [5.74, 6) is 0.413. The molecule has 0 radical (unpaired) electrons.